The van der Waals surface area contributed by atoms with E-state index in [1.54, 1.807) is 31.2 Å². The molecule has 9 heteroatoms. The molecule has 0 saturated carbocycles. The lowest BCUT2D eigenvalue weighted by atomic mass is 10.2. The molecule has 0 unspecified atom stereocenters. The number of sulfonamides is 1. The van der Waals surface area contributed by atoms with E-state index < -0.39 is 10.0 Å². The van der Waals surface area contributed by atoms with Crippen molar-refractivity contribution >= 4 is 64.2 Å². The number of benzene rings is 3. The lowest BCUT2D eigenvalue weighted by molar-refractivity contribution is 0.102. The molecule has 0 fully saturated rings. The molecule has 0 aliphatic heterocycles. The third-order valence-electron chi connectivity index (χ3n) is 4.61. The zero-order valence-corrected chi connectivity index (χ0v) is 19.7. The highest BCUT2D eigenvalue weighted by Crippen LogP contribution is 2.29. The SMILES string of the molecule is CCN(c1ccccc1)S(=O)(=O)c1ccc(C(=O)Nc2nc3ccc(Br)cc3s2)cc1. The van der Waals surface area contributed by atoms with Gasteiger partial charge in [-0.2, -0.15) is 0 Å². The summed E-state index contributed by atoms with van der Waals surface area (Å²) in [5.41, 5.74) is 1.74. The molecule has 0 bridgehead atoms. The molecule has 1 heterocycles. The van der Waals surface area contributed by atoms with Gasteiger partial charge in [0.25, 0.3) is 15.9 Å². The summed E-state index contributed by atoms with van der Waals surface area (Å²) >= 11 is 4.79. The predicted molar refractivity (Wildman–Crippen MR) is 128 cm³/mol. The van der Waals surface area contributed by atoms with E-state index in [-0.39, 0.29) is 10.8 Å². The molecule has 1 aromatic heterocycles. The van der Waals surface area contributed by atoms with E-state index in [1.807, 2.05) is 24.3 Å². The van der Waals surface area contributed by atoms with Crippen LogP contribution in [0.3, 0.4) is 0 Å². The Morgan fingerprint density at radius 2 is 1.77 bits per heavy atom. The van der Waals surface area contributed by atoms with Gasteiger partial charge in [-0.3, -0.25) is 14.4 Å². The Labute approximate surface area is 192 Å². The zero-order valence-electron chi connectivity index (χ0n) is 16.4. The molecule has 0 aliphatic rings. The highest BCUT2D eigenvalue weighted by molar-refractivity contribution is 9.10. The van der Waals surface area contributed by atoms with E-state index in [9.17, 15) is 13.2 Å². The number of para-hydroxylation sites is 1. The molecule has 3 aromatic carbocycles. The van der Waals surface area contributed by atoms with Crippen LogP contribution in [0.15, 0.2) is 82.2 Å². The van der Waals surface area contributed by atoms with Crippen molar-refractivity contribution in [3.63, 3.8) is 0 Å². The zero-order chi connectivity index (χ0) is 22.0. The van der Waals surface area contributed by atoms with Crippen LogP contribution in [0.4, 0.5) is 10.8 Å². The third kappa shape index (κ3) is 4.48. The van der Waals surface area contributed by atoms with E-state index in [2.05, 4.69) is 26.2 Å². The Balaban J connectivity index is 1.54. The maximum absolute atomic E-state index is 13.1. The Kier molecular flexibility index (Phi) is 6.08. The number of hydrogen-bond donors (Lipinski definition) is 1. The second-order valence-electron chi connectivity index (χ2n) is 6.61. The van der Waals surface area contributed by atoms with Gasteiger partial charge in [0.2, 0.25) is 0 Å². The summed E-state index contributed by atoms with van der Waals surface area (Å²) in [6.07, 6.45) is 0. The summed E-state index contributed by atoms with van der Waals surface area (Å²) in [6, 6.07) is 20.5. The topological polar surface area (TPSA) is 79.4 Å². The minimum atomic E-state index is -3.74. The van der Waals surface area contributed by atoms with Crippen molar-refractivity contribution in [2.24, 2.45) is 0 Å². The van der Waals surface area contributed by atoms with Crippen LogP contribution in [-0.4, -0.2) is 25.9 Å². The highest BCUT2D eigenvalue weighted by atomic mass is 79.9. The molecule has 31 heavy (non-hydrogen) atoms. The Morgan fingerprint density at radius 3 is 2.45 bits per heavy atom. The lowest BCUT2D eigenvalue weighted by Gasteiger charge is -2.22. The fraction of sp³-hybridized carbons (Fsp3) is 0.0909. The number of rotatable bonds is 6. The van der Waals surface area contributed by atoms with Gasteiger partial charge < -0.3 is 0 Å². The number of halogens is 1. The van der Waals surface area contributed by atoms with Crippen LogP contribution >= 0.6 is 27.3 Å². The van der Waals surface area contributed by atoms with Gasteiger partial charge in [0.05, 0.1) is 20.8 Å². The normalized spacial score (nSPS) is 11.4. The van der Waals surface area contributed by atoms with Crippen LogP contribution in [0.5, 0.6) is 0 Å². The van der Waals surface area contributed by atoms with Gasteiger partial charge in [0, 0.05) is 16.6 Å². The Hall–Kier alpha value is -2.75. The molecule has 1 amide bonds. The van der Waals surface area contributed by atoms with Gasteiger partial charge >= 0.3 is 0 Å². The molecule has 4 aromatic rings. The fourth-order valence-electron chi connectivity index (χ4n) is 3.11. The molecule has 158 valence electrons. The van der Waals surface area contributed by atoms with Gasteiger partial charge in [0.15, 0.2) is 5.13 Å². The lowest BCUT2D eigenvalue weighted by Crippen LogP contribution is -2.30. The van der Waals surface area contributed by atoms with Gasteiger partial charge in [-0.25, -0.2) is 13.4 Å². The summed E-state index contributed by atoms with van der Waals surface area (Å²) in [5.74, 6) is -0.350. The van der Waals surface area contributed by atoms with E-state index in [4.69, 9.17) is 0 Å². The van der Waals surface area contributed by atoms with E-state index in [0.29, 0.717) is 22.9 Å². The molecule has 4 rings (SSSR count). The number of anilines is 2. The summed E-state index contributed by atoms with van der Waals surface area (Å²) < 4.78 is 29.4. The van der Waals surface area contributed by atoms with Crippen LogP contribution in [-0.2, 0) is 10.0 Å². The minimum absolute atomic E-state index is 0.125. The molecule has 0 spiro atoms. The third-order valence-corrected chi connectivity index (χ3v) is 7.95. The van der Waals surface area contributed by atoms with Gasteiger partial charge in [-0.1, -0.05) is 45.5 Å². The molecule has 0 aliphatic carbocycles. The Morgan fingerprint density at radius 1 is 1.06 bits per heavy atom. The van der Waals surface area contributed by atoms with Crippen molar-refractivity contribution in [3.8, 4) is 0 Å². The number of nitrogens with zero attached hydrogens (tertiary/aromatic N) is 2. The smallest absolute Gasteiger partial charge is 0.264 e. The highest BCUT2D eigenvalue weighted by Gasteiger charge is 2.23. The van der Waals surface area contributed by atoms with Crippen molar-refractivity contribution < 1.29 is 13.2 Å². The number of thiazole rings is 1. The van der Waals surface area contributed by atoms with Crippen molar-refractivity contribution in [1.82, 2.24) is 4.98 Å². The molecular formula is C22H18BrN3O3S2. The van der Waals surface area contributed by atoms with Gasteiger partial charge in [-0.15, -0.1) is 0 Å². The summed E-state index contributed by atoms with van der Waals surface area (Å²) in [4.78, 5) is 17.1. The van der Waals surface area contributed by atoms with Crippen LogP contribution in [0, 0.1) is 0 Å². The molecule has 0 radical (unpaired) electrons. The largest absolute Gasteiger partial charge is 0.298 e. The molecular weight excluding hydrogens is 498 g/mol. The number of carbonyl (C=O) groups excluding carboxylic acids is 1. The maximum Gasteiger partial charge on any atom is 0.264 e. The number of carbonyl (C=O) groups is 1. The van der Waals surface area contributed by atoms with Crippen molar-refractivity contribution in [2.45, 2.75) is 11.8 Å². The first-order valence-electron chi connectivity index (χ1n) is 9.44. The van der Waals surface area contributed by atoms with E-state index in [1.165, 1.54) is 39.9 Å². The first-order valence-corrected chi connectivity index (χ1v) is 12.5. The second-order valence-corrected chi connectivity index (χ2v) is 10.4. The number of amides is 1. The van der Waals surface area contributed by atoms with Crippen molar-refractivity contribution in [1.29, 1.82) is 0 Å². The summed E-state index contributed by atoms with van der Waals surface area (Å²) in [7, 11) is -3.74. The number of fused-ring (bicyclic) bond motifs is 1. The van der Waals surface area contributed by atoms with Crippen LogP contribution in [0.1, 0.15) is 17.3 Å². The Bertz CT molecular complexity index is 1340. The van der Waals surface area contributed by atoms with Crippen molar-refractivity contribution in [3.05, 3.63) is 82.8 Å². The number of nitrogens with one attached hydrogen (secondary N) is 1. The van der Waals surface area contributed by atoms with E-state index in [0.717, 1.165) is 14.7 Å². The number of aromatic nitrogens is 1. The first kappa shape index (κ1) is 21.5. The van der Waals surface area contributed by atoms with Gasteiger partial charge in [-0.05, 0) is 61.5 Å². The van der Waals surface area contributed by atoms with Crippen LogP contribution in [0.25, 0.3) is 10.2 Å². The predicted octanol–water partition coefficient (Wildman–Crippen LogP) is 5.53. The van der Waals surface area contributed by atoms with Crippen LogP contribution in [0.2, 0.25) is 0 Å². The molecule has 1 N–H and O–H groups in total. The quantitative estimate of drug-likeness (QED) is 0.366. The second kappa shape index (κ2) is 8.78. The van der Waals surface area contributed by atoms with E-state index >= 15 is 0 Å². The maximum atomic E-state index is 13.1. The minimum Gasteiger partial charge on any atom is -0.298 e. The molecule has 0 atom stereocenters. The monoisotopic (exact) mass is 515 g/mol. The fourth-order valence-corrected chi connectivity index (χ4v) is 6.00. The number of hydrogen-bond acceptors (Lipinski definition) is 5. The standard InChI is InChI=1S/C22H18BrN3O3S2/c1-2-26(17-6-4-3-5-7-17)31(28,29)18-11-8-15(9-12-18)21(27)25-22-24-19-13-10-16(23)14-20(19)30-22/h3-14H,2H2,1H3,(H,24,25,27). The average Bonchev–Trinajstić information content (AvgIpc) is 3.16. The molecule has 0 saturated heterocycles. The van der Waals surface area contributed by atoms with Crippen LogP contribution < -0.4 is 9.62 Å². The molecule has 6 nitrogen and oxygen atoms in total. The summed E-state index contributed by atoms with van der Waals surface area (Å²) in [6.45, 7) is 2.07. The first-order chi connectivity index (χ1) is 14.9. The van der Waals surface area contributed by atoms with Crippen molar-refractivity contribution in [2.75, 3.05) is 16.2 Å². The van der Waals surface area contributed by atoms with Gasteiger partial charge in [0.1, 0.15) is 0 Å². The summed E-state index contributed by atoms with van der Waals surface area (Å²) in [5, 5.41) is 3.26. The average molecular weight is 516 g/mol.